The maximum absolute atomic E-state index is 12.6. The maximum Gasteiger partial charge on any atom is 0.511 e. The topological polar surface area (TPSA) is 86.3 Å². The number of alkyl halides is 3. The second kappa shape index (κ2) is 13.8. The van der Waals surface area contributed by atoms with Crippen molar-refractivity contribution < 1.29 is 26.3 Å². The Hall–Kier alpha value is -0.380. The molecule has 0 bridgehead atoms. The quantitative estimate of drug-likeness (QED) is 0.239. The SMILES string of the molecule is CCNC(=NCC1CCN(S(=O)(=O)C(F)(F)F)CC1)NCCN(C)CCOC.I. The van der Waals surface area contributed by atoms with Gasteiger partial charge in [0.1, 0.15) is 0 Å². The standard InChI is InChI=1S/C16H32F3N5O3S.HI/c1-4-20-15(21-7-10-23(2)11-12-27-3)22-13-14-5-8-24(9-6-14)28(25,26)16(17,18)19;/h14H,4-13H2,1-3H3,(H2,20,21,22);1H. The van der Waals surface area contributed by atoms with E-state index < -0.39 is 15.5 Å². The number of hydrogen-bond acceptors (Lipinski definition) is 5. The largest absolute Gasteiger partial charge is 0.511 e. The summed E-state index contributed by atoms with van der Waals surface area (Å²) in [6.07, 6.45) is 0.718. The molecule has 0 atom stereocenters. The fraction of sp³-hybridized carbons (Fsp3) is 0.938. The summed E-state index contributed by atoms with van der Waals surface area (Å²) in [5, 5.41) is 6.35. The molecule has 1 aliphatic heterocycles. The second-order valence-electron chi connectivity index (χ2n) is 6.74. The van der Waals surface area contributed by atoms with Crippen LogP contribution in [0.3, 0.4) is 0 Å². The summed E-state index contributed by atoms with van der Waals surface area (Å²) in [7, 11) is -1.58. The first-order valence-corrected chi connectivity index (χ1v) is 10.8. The smallest absolute Gasteiger partial charge is 0.383 e. The summed E-state index contributed by atoms with van der Waals surface area (Å²) >= 11 is 0. The molecule has 1 rings (SSSR count). The van der Waals surface area contributed by atoms with Crippen LogP contribution in [0.15, 0.2) is 4.99 Å². The summed E-state index contributed by atoms with van der Waals surface area (Å²) in [6, 6.07) is 0. The van der Waals surface area contributed by atoms with Crippen LogP contribution in [0.1, 0.15) is 19.8 Å². The molecule has 2 N–H and O–H groups in total. The van der Waals surface area contributed by atoms with Crippen LogP contribution < -0.4 is 10.6 Å². The third-order valence-corrected chi connectivity index (χ3v) is 6.15. The molecule has 0 spiro atoms. The minimum Gasteiger partial charge on any atom is -0.383 e. The molecule has 1 aliphatic rings. The van der Waals surface area contributed by atoms with Gasteiger partial charge in [-0.25, -0.2) is 8.42 Å². The van der Waals surface area contributed by atoms with Crippen LogP contribution in [-0.2, 0) is 14.8 Å². The number of nitrogens with zero attached hydrogens (tertiary/aromatic N) is 3. The molecule has 1 fully saturated rings. The van der Waals surface area contributed by atoms with E-state index in [-0.39, 0.29) is 43.0 Å². The number of likely N-dealkylation sites (N-methyl/N-ethyl adjacent to an activating group) is 1. The molecular weight excluding hydrogens is 526 g/mol. The lowest BCUT2D eigenvalue weighted by atomic mass is 9.98. The Morgan fingerprint density at radius 2 is 1.86 bits per heavy atom. The second-order valence-corrected chi connectivity index (χ2v) is 8.67. The van der Waals surface area contributed by atoms with Crippen molar-refractivity contribution in [3.63, 3.8) is 0 Å². The molecule has 0 aliphatic carbocycles. The molecule has 0 aromatic rings. The predicted octanol–water partition coefficient (Wildman–Crippen LogP) is 1.30. The Kier molecular flexibility index (Phi) is 13.6. The molecule has 1 heterocycles. The molecule has 0 amide bonds. The number of methoxy groups -OCH3 is 1. The average molecular weight is 559 g/mol. The van der Waals surface area contributed by atoms with Crippen molar-refractivity contribution >= 4 is 40.0 Å². The number of hydrogen-bond donors (Lipinski definition) is 2. The van der Waals surface area contributed by atoms with Crippen molar-refractivity contribution in [2.24, 2.45) is 10.9 Å². The van der Waals surface area contributed by atoms with Crippen molar-refractivity contribution in [3.8, 4) is 0 Å². The minimum atomic E-state index is -5.24. The number of piperidine rings is 1. The molecule has 0 radical (unpaired) electrons. The number of sulfonamides is 1. The van der Waals surface area contributed by atoms with Crippen molar-refractivity contribution in [3.05, 3.63) is 0 Å². The number of halogens is 4. The van der Waals surface area contributed by atoms with Gasteiger partial charge in [-0.15, -0.1) is 24.0 Å². The van der Waals surface area contributed by atoms with Crippen molar-refractivity contribution in [1.29, 1.82) is 0 Å². The van der Waals surface area contributed by atoms with Crippen molar-refractivity contribution in [2.45, 2.75) is 25.3 Å². The molecule has 0 unspecified atom stereocenters. The van der Waals surface area contributed by atoms with Crippen LogP contribution >= 0.6 is 24.0 Å². The number of aliphatic imine (C=N–C) groups is 1. The summed E-state index contributed by atoms with van der Waals surface area (Å²) < 4.78 is 66.3. The van der Waals surface area contributed by atoms with Gasteiger partial charge in [0.25, 0.3) is 0 Å². The molecule has 0 aromatic carbocycles. The zero-order valence-corrected chi connectivity index (χ0v) is 20.3. The summed E-state index contributed by atoms with van der Waals surface area (Å²) in [4.78, 5) is 6.62. The highest BCUT2D eigenvalue weighted by Crippen LogP contribution is 2.30. The highest BCUT2D eigenvalue weighted by Gasteiger charge is 2.50. The normalized spacial score (nSPS) is 17.3. The summed E-state index contributed by atoms with van der Waals surface area (Å²) in [5.41, 5.74) is -5.24. The number of rotatable bonds is 10. The zero-order valence-electron chi connectivity index (χ0n) is 17.2. The van der Waals surface area contributed by atoms with Crippen molar-refractivity contribution in [1.82, 2.24) is 19.8 Å². The van der Waals surface area contributed by atoms with E-state index in [0.717, 1.165) is 13.1 Å². The van der Waals surface area contributed by atoms with Gasteiger partial charge in [-0.05, 0) is 32.7 Å². The fourth-order valence-electron chi connectivity index (χ4n) is 2.76. The van der Waals surface area contributed by atoms with E-state index in [0.29, 0.717) is 49.3 Å². The Morgan fingerprint density at radius 1 is 1.24 bits per heavy atom. The van der Waals surface area contributed by atoms with Crippen LogP contribution in [0.4, 0.5) is 13.2 Å². The molecule has 29 heavy (non-hydrogen) atoms. The number of ether oxygens (including phenoxy) is 1. The highest BCUT2D eigenvalue weighted by atomic mass is 127. The Bertz CT molecular complexity index is 585. The molecule has 0 aromatic heterocycles. The van der Waals surface area contributed by atoms with E-state index in [4.69, 9.17) is 4.74 Å². The van der Waals surface area contributed by atoms with E-state index >= 15 is 0 Å². The lowest BCUT2D eigenvalue weighted by Crippen LogP contribution is -2.45. The number of nitrogens with one attached hydrogen (secondary N) is 2. The third-order valence-electron chi connectivity index (χ3n) is 4.52. The first-order valence-electron chi connectivity index (χ1n) is 9.37. The Morgan fingerprint density at radius 3 is 2.38 bits per heavy atom. The van der Waals surface area contributed by atoms with Gasteiger partial charge >= 0.3 is 15.5 Å². The van der Waals surface area contributed by atoms with Gasteiger partial charge < -0.3 is 20.3 Å². The summed E-state index contributed by atoms with van der Waals surface area (Å²) in [5.74, 6) is 0.701. The zero-order chi connectivity index (χ0) is 21.2. The number of guanidine groups is 1. The molecule has 0 saturated carbocycles. The lowest BCUT2D eigenvalue weighted by Gasteiger charge is -2.31. The maximum atomic E-state index is 12.6. The van der Waals surface area contributed by atoms with Gasteiger partial charge in [0.15, 0.2) is 5.96 Å². The Balaban J connectivity index is 0.00000784. The van der Waals surface area contributed by atoms with Gasteiger partial charge in [0, 0.05) is 52.9 Å². The lowest BCUT2D eigenvalue weighted by molar-refractivity contribution is -0.0496. The van der Waals surface area contributed by atoms with Gasteiger partial charge in [-0.1, -0.05) is 0 Å². The molecule has 1 saturated heterocycles. The van der Waals surface area contributed by atoms with E-state index in [1.807, 2.05) is 14.0 Å². The van der Waals surface area contributed by atoms with Gasteiger partial charge in [-0.3, -0.25) is 4.99 Å². The van der Waals surface area contributed by atoms with E-state index in [1.54, 1.807) is 7.11 Å². The minimum absolute atomic E-state index is 0. The summed E-state index contributed by atoms with van der Waals surface area (Å²) in [6.45, 7) is 5.80. The average Bonchev–Trinajstić information content (AvgIpc) is 2.63. The van der Waals surface area contributed by atoms with E-state index in [1.165, 1.54) is 0 Å². The molecular formula is C16H33F3IN5O3S. The van der Waals surface area contributed by atoms with E-state index in [2.05, 4.69) is 20.5 Å². The monoisotopic (exact) mass is 559 g/mol. The van der Waals surface area contributed by atoms with Crippen LogP contribution in [0.2, 0.25) is 0 Å². The van der Waals surface area contributed by atoms with Gasteiger partial charge in [-0.2, -0.15) is 17.5 Å². The first kappa shape index (κ1) is 28.6. The third kappa shape index (κ3) is 9.98. The van der Waals surface area contributed by atoms with Gasteiger partial charge in [0.05, 0.1) is 6.61 Å². The van der Waals surface area contributed by atoms with E-state index in [9.17, 15) is 21.6 Å². The highest BCUT2D eigenvalue weighted by molar-refractivity contribution is 14.0. The first-order chi connectivity index (χ1) is 13.1. The van der Waals surface area contributed by atoms with Crippen LogP contribution in [-0.4, -0.2) is 95.7 Å². The van der Waals surface area contributed by atoms with Crippen LogP contribution in [0.25, 0.3) is 0 Å². The van der Waals surface area contributed by atoms with Gasteiger partial charge in [0.2, 0.25) is 0 Å². The van der Waals surface area contributed by atoms with Crippen LogP contribution in [0, 0.1) is 5.92 Å². The van der Waals surface area contributed by atoms with Crippen LogP contribution in [0.5, 0.6) is 0 Å². The fourth-order valence-corrected chi connectivity index (χ4v) is 3.75. The molecule has 8 nitrogen and oxygen atoms in total. The molecule has 174 valence electrons. The Labute approximate surface area is 188 Å². The molecule has 13 heteroatoms. The van der Waals surface area contributed by atoms with Crippen molar-refractivity contribution in [2.75, 3.05) is 66.6 Å². The predicted molar refractivity (Wildman–Crippen MR) is 118 cm³/mol.